The van der Waals surface area contributed by atoms with Crippen LogP contribution >= 0.6 is 22.7 Å². The van der Waals surface area contributed by atoms with Gasteiger partial charge >= 0.3 is 0 Å². The van der Waals surface area contributed by atoms with E-state index in [9.17, 15) is 13.2 Å². The van der Waals surface area contributed by atoms with E-state index in [-0.39, 0.29) is 29.9 Å². The molecule has 1 amide bonds. The van der Waals surface area contributed by atoms with Crippen LogP contribution in [0.2, 0.25) is 0 Å². The number of likely N-dealkylation sites (N-methyl/N-ethyl adjacent to an activating group) is 1. The molecule has 1 saturated heterocycles. The predicted molar refractivity (Wildman–Crippen MR) is 93.6 cm³/mol. The number of rotatable bonds is 5. The third-order valence-corrected chi connectivity index (χ3v) is 7.34. The third-order valence-electron chi connectivity index (χ3n) is 3.96. The van der Waals surface area contributed by atoms with E-state index in [1.165, 1.54) is 11.3 Å². The molecular formula is C15H18N2O3S3. The first kappa shape index (κ1) is 16.6. The third kappa shape index (κ3) is 3.81. The zero-order valence-electron chi connectivity index (χ0n) is 12.8. The minimum Gasteiger partial charge on any atom is -0.339 e. The van der Waals surface area contributed by atoms with Gasteiger partial charge in [0.2, 0.25) is 5.91 Å². The summed E-state index contributed by atoms with van der Waals surface area (Å²) in [4.78, 5) is 18.7. The molecule has 0 N–H and O–H groups in total. The SMILES string of the molecule is CCN(C(=O)Cc1csc(-c2ccsc2)n1)C1CCS(=O)(=O)C1. The van der Waals surface area contributed by atoms with Gasteiger partial charge in [-0.05, 0) is 24.8 Å². The topological polar surface area (TPSA) is 67.3 Å². The molecule has 2 aromatic rings. The van der Waals surface area contributed by atoms with Crippen molar-refractivity contribution in [3.63, 3.8) is 0 Å². The molecule has 23 heavy (non-hydrogen) atoms. The van der Waals surface area contributed by atoms with E-state index in [1.807, 2.05) is 29.1 Å². The summed E-state index contributed by atoms with van der Waals surface area (Å²) in [5.41, 5.74) is 1.83. The van der Waals surface area contributed by atoms with Crippen LogP contribution in [-0.2, 0) is 21.1 Å². The Labute approximate surface area is 143 Å². The minimum absolute atomic E-state index is 0.0447. The fourth-order valence-electron chi connectivity index (χ4n) is 2.82. The van der Waals surface area contributed by atoms with Crippen LogP contribution in [0.25, 0.3) is 10.6 Å². The highest BCUT2D eigenvalue weighted by molar-refractivity contribution is 7.91. The Hall–Kier alpha value is -1.25. The fourth-order valence-corrected chi connectivity index (χ4v) is 6.09. The smallest absolute Gasteiger partial charge is 0.228 e. The molecule has 0 saturated carbocycles. The Morgan fingerprint density at radius 3 is 2.87 bits per heavy atom. The molecule has 1 unspecified atom stereocenters. The molecule has 124 valence electrons. The van der Waals surface area contributed by atoms with Crippen molar-refractivity contribution in [3.8, 4) is 10.6 Å². The molecule has 0 radical (unpaired) electrons. The Morgan fingerprint density at radius 2 is 2.26 bits per heavy atom. The van der Waals surface area contributed by atoms with Crippen LogP contribution in [0, 0.1) is 0 Å². The van der Waals surface area contributed by atoms with E-state index < -0.39 is 9.84 Å². The van der Waals surface area contributed by atoms with Gasteiger partial charge in [-0.25, -0.2) is 13.4 Å². The second kappa shape index (κ2) is 6.70. The van der Waals surface area contributed by atoms with Crippen molar-refractivity contribution < 1.29 is 13.2 Å². The molecule has 1 aliphatic rings. The zero-order valence-corrected chi connectivity index (χ0v) is 15.2. The molecule has 1 aliphatic heterocycles. The summed E-state index contributed by atoms with van der Waals surface area (Å²) in [7, 11) is -2.99. The lowest BCUT2D eigenvalue weighted by atomic mass is 10.2. The maximum atomic E-state index is 12.5. The standard InChI is InChI=1S/C15H18N2O3S3/c1-2-17(13-4-6-23(19,20)10-13)14(18)7-12-9-22-15(16-12)11-3-5-21-8-11/h3,5,8-9,13H,2,4,6-7,10H2,1H3. The largest absolute Gasteiger partial charge is 0.339 e. The average Bonchev–Trinajstić information content (AvgIpc) is 3.20. The van der Waals surface area contributed by atoms with Gasteiger partial charge in [-0.1, -0.05) is 0 Å². The number of thiophene rings is 1. The van der Waals surface area contributed by atoms with Gasteiger partial charge in [-0.3, -0.25) is 4.79 Å². The predicted octanol–water partition coefficient (Wildman–Crippen LogP) is 2.45. The fraction of sp³-hybridized carbons (Fsp3) is 0.467. The van der Waals surface area contributed by atoms with Crippen molar-refractivity contribution in [1.82, 2.24) is 9.88 Å². The Bertz CT molecular complexity index is 781. The van der Waals surface area contributed by atoms with Crippen molar-refractivity contribution in [3.05, 3.63) is 27.9 Å². The lowest BCUT2D eigenvalue weighted by molar-refractivity contribution is -0.132. The van der Waals surface area contributed by atoms with Crippen LogP contribution in [0.1, 0.15) is 19.0 Å². The highest BCUT2D eigenvalue weighted by Gasteiger charge is 2.33. The van der Waals surface area contributed by atoms with E-state index in [0.29, 0.717) is 13.0 Å². The lowest BCUT2D eigenvalue weighted by Gasteiger charge is -2.26. The van der Waals surface area contributed by atoms with Crippen molar-refractivity contribution in [1.29, 1.82) is 0 Å². The summed E-state index contributed by atoms with van der Waals surface area (Å²) in [5.74, 6) is 0.223. The Balaban J connectivity index is 1.68. The minimum atomic E-state index is -2.99. The monoisotopic (exact) mass is 370 g/mol. The number of carbonyl (C=O) groups excluding carboxylic acids is 1. The summed E-state index contributed by atoms with van der Waals surface area (Å²) in [6, 6.07) is 1.82. The molecule has 3 heterocycles. The highest BCUT2D eigenvalue weighted by atomic mass is 32.2. The maximum Gasteiger partial charge on any atom is 0.228 e. The van der Waals surface area contributed by atoms with Crippen LogP contribution in [0.15, 0.2) is 22.2 Å². The molecule has 3 rings (SSSR count). The molecule has 0 bridgehead atoms. The van der Waals surface area contributed by atoms with E-state index in [2.05, 4.69) is 4.98 Å². The second-order valence-electron chi connectivity index (χ2n) is 5.57. The van der Waals surface area contributed by atoms with Crippen molar-refractivity contribution in [2.75, 3.05) is 18.1 Å². The van der Waals surface area contributed by atoms with Gasteiger partial charge < -0.3 is 4.90 Å². The van der Waals surface area contributed by atoms with Crippen LogP contribution in [-0.4, -0.2) is 48.3 Å². The number of hydrogen-bond acceptors (Lipinski definition) is 6. The van der Waals surface area contributed by atoms with E-state index >= 15 is 0 Å². The van der Waals surface area contributed by atoms with E-state index in [0.717, 1.165) is 16.3 Å². The molecule has 0 spiro atoms. The van der Waals surface area contributed by atoms with Crippen molar-refractivity contribution >= 4 is 38.4 Å². The number of nitrogens with zero attached hydrogens (tertiary/aromatic N) is 2. The summed E-state index contributed by atoms with van der Waals surface area (Å²) < 4.78 is 23.3. The van der Waals surface area contributed by atoms with Crippen LogP contribution in [0.5, 0.6) is 0 Å². The number of thiazole rings is 1. The molecule has 0 aromatic carbocycles. The number of sulfone groups is 1. The second-order valence-corrected chi connectivity index (χ2v) is 9.44. The zero-order chi connectivity index (χ0) is 16.4. The van der Waals surface area contributed by atoms with Crippen molar-refractivity contribution in [2.24, 2.45) is 0 Å². The van der Waals surface area contributed by atoms with Gasteiger partial charge in [0.25, 0.3) is 0 Å². The number of aromatic nitrogens is 1. The van der Waals surface area contributed by atoms with Crippen LogP contribution in [0.3, 0.4) is 0 Å². The lowest BCUT2D eigenvalue weighted by Crippen LogP contribution is -2.41. The first-order valence-electron chi connectivity index (χ1n) is 7.45. The van der Waals surface area contributed by atoms with Crippen LogP contribution in [0.4, 0.5) is 0 Å². The quantitative estimate of drug-likeness (QED) is 0.811. The van der Waals surface area contributed by atoms with Gasteiger partial charge in [0.1, 0.15) is 5.01 Å². The molecule has 5 nitrogen and oxygen atoms in total. The highest BCUT2D eigenvalue weighted by Crippen LogP contribution is 2.26. The van der Waals surface area contributed by atoms with Gasteiger partial charge in [-0.15, -0.1) is 11.3 Å². The Morgan fingerprint density at radius 1 is 1.43 bits per heavy atom. The number of carbonyl (C=O) groups is 1. The Kier molecular flexibility index (Phi) is 4.84. The molecule has 0 aliphatic carbocycles. The number of amides is 1. The van der Waals surface area contributed by atoms with E-state index in [4.69, 9.17) is 0 Å². The maximum absolute atomic E-state index is 12.5. The molecule has 1 fully saturated rings. The summed E-state index contributed by atoms with van der Waals surface area (Å²) >= 11 is 3.15. The molecule has 1 atom stereocenters. The first-order valence-corrected chi connectivity index (χ1v) is 11.1. The van der Waals surface area contributed by atoms with Gasteiger partial charge in [-0.2, -0.15) is 11.3 Å². The molecular weight excluding hydrogens is 352 g/mol. The number of hydrogen-bond donors (Lipinski definition) is 0. The first-order chi connectivity index (χ1) is 11.0. The summed E-state index contributed by atoms with van der Waals surface area (Å²) in [5, 5.41) is 6.86. The molecule has 8 heteroatoms. The normalized spacial score (nSPS) is 19.8. The summed E-state index contributed by atoms with van der Waals surface area (Å²) in [6.07, 6.45) is 0.768. The molecule has 2 aromatic heterocycles. The average molecular weight is 371 g/mol. The van der Waals surface area contributed by atoms with Gasteiger partial charge in [0.15, 0.2) is 9.84 Å². The van der Waals surface area contributed by atoms with Crippen molar-refractivity contribution in [2.45, 2.75) is 25.8 Å². The van der Waals surface area contributed by atoms with Gasteiger partial charge in [0.05, 0.1) is 23.6 Å². The van der Waals surface area contributed by atoms with Crippen LogP contribution < -0.4 is 0 Å². The van der Waals surface area contributed by atoms with E-state index in [1.54, 1.807) is 16.2 Å². The van der Waals surface area contributed by atoms with Gasteiger partial charge in [0, 0.05) is 28.9 Å². The summed E-state index contributed by atoms with van der Waals surface area (Å²) in [6.45, 7) is 2.42.